The highest BCUT2D eigenvalue weighted by Crippen LogP contribution is 2.38. The zero-order valence-electron chi connectivity index (χ0n) is 19.6. The van der Waals surface area contributed by atoms with Gasteiger partial charge in [0.05, 0.1) is 15.9 Å². The van der Waals surface area contributed by atoms with Gasteiger partial charge in [-0.25, -0.2) is 22.1 Å². The smallest absolute Gasteiger partial charge is 0.242 e. The third kappa shape index (κ3) is 5.12. The lowest BCUT2D eigenvalue weighted by Crippen LogP contribution is -2.27. The number of aromatic nitrogens is 2. The molecule has 0 saturated heterocycles. The normalized spacial score (nSPS) is 15.2. The first kappa shape index (κ1) is 24.2. The van der Waals surface area contributed by atoms with Crippen LogP contribution in [0.25, 0.3) is 11.0 Å². The van der Waals surface area contributed by atoms with Gasteiger partial charge in [0.15, 0.2) is 5.16 Å². The first-order valence-corrected chi connectivity index (χ1v) is 14.1. The molecule has 0 unspecified atom stereocenters. The molecule has 0 N–H and O–H groups in total. The van der Waals surface area contributed by atoms with Crippen molar-refractivity contribution in [1.29, 1.82) is 0 Å². The minimum Gasteiger partial charge on any atom is -0.316 e. The van der Waals surface area contributed by atoms with E-state index in [2.05, 4.69) is 4.57 Å². The van der Waals surface area contributed by atoms with Gasteiger partial charge in [0.1, 0.15) is 5.82 Å². The molecule has 0 spiro atoms. The molecule has 2 aromatic carbocycles. The molecule has 1 fully saturated rings. The summed E-state index contributed by atoms with van der Waals surface area (Å²) in [5, 5.41) is 0.870. The highest BCUT2D eigenvalue weighted by Gasteiger charge is 2.26. The molecule has 1 saturated carbocycles. The predicted molar refractivity (Wildman–Crippen MR) is 133 cm³/mol. The number of hydrogen-bond acceptors (Lipinski definition) is 4. The molecule has 8 heteroatoms. The number of nitrogens with zero attached hydrogens (tertiary/aromatic N) is 3. The summed E-state index contributed by atoms with van der Waals surface area (Å²) >= 11 is 1.59. The van der Waals surface area contributed by atoms with Crippen molar-refractivity contribution in [2.24, 2.45) is 0 Å². The second-order valence-corrected chi connectivity index (χ2v) is 11.9. The van der Waals surface area contributed by atoms with Gasteiger partial charge in [0, 0.05) is 25.4 Å². The monoisotopic (exact) mass is 489 g/mol. The molecule has 0 aliphatic heterocycles. The summed E-state index contributed by atoms with van der Waals surface area (Å²) in [6.45, 7) is 4.54. The number of imidazole rings is 1. The molecule has 0 bridgehead atoms. The predicted octanol–water partition coefficient (Wildman–Crippen LogP) is 6.31. The lowest BCUT2D eigenvalue weighted by atomic mass is 10.1. The van der Waals surface area contributed by atoms with Crippen molar-refractivity contribution in [3.8, 4) is 0 Å². The standard InChI is InChI=1S/C25H32FN3O2S2/c1-4-5-14-28(3)33(30,31)22-12-13-24-23(16-22)27-25(29(24)21-8-6-7-9-21)32-17-19-15-20(26)11-10-18(19)2/h10-13,15-16,21H,4-9,14,17H2,1-3H3. The molecule has 3 aromatic rings. The van der Waals surface area contributed by atoms with Gasteiger partial charge < -0.3 is 4.57 Å². The third-order valence-corrected chi connectivity index (χ3v) is 9.38. The van der Waals surface area contributed by atoms with Crippen LogP contribution in [0.5, 0.6) is 0 Å². The fourth-order valence-corrected chi connectivity index (χ4v) is 6.83. The Labute approximate surface area is 200 Å². The maximum absolute atomic E-state index is 13.8. The van der Waals surface area contributed by atoms with E-state index in [4.69, 9.17) is 4.98 Å². The fourth-order valence-electron chi connectivity index (χ4n) is 4.45. The van der Waals surface area contributed by atoms with Crippen LogP contribution >= 0.6 is 11.8 Å². The molecule has 0 radical (unpaired) electrons. The van der Waals surface area contributed by atoms with E-state index in [-0.39, 0.29) is 10.7 Å². The number of benzene rings is 2. The Hall–Kier alpha value is -1.90. The van der Waals surface area contributed by atoms with E-state index >= 15 is 0 Å². The van der Waals surface area contributed by atoms with Gasteiger partial charge in [-0.2, -0.15) is 0 Å². The highest BCUT2D eigenvalue weighted by molar-refractivity contribution is 7.98. The van der Waals surface area contributed by atoms with Crippen LogP contribution in [0.3, 0.4) is 0 Å². The minimum atomic E-state index is -3.56. The Morgan fingerprint density at radius 2 is 1.94 bits per heavy atom. The molecule has 1 heterocycles. The Morgan fingerprint density at radius 1 is 1.18 bits per heavy atom. The van der Waals surface area contributed by atoms with Gasteiger partial charge >= 0.3 is 0 Å². The van der Waals surface area contributed by atoms with Crippen molar-refractivity contribution in [2.75, 3.05) is 13.6 Å². The van der Waals surface area contributed by atoms with Crippen LogP contribution in [0.2, 0.25) is 0 Å². The second-order valence-electron chi connectivity index (χ2n) is 8.89. The van der Waals surface area contributed by atoms with E-state index < -0.39 is 10.0 Å². The maximum Gasteiger partial charge on any atom is 0.242 e. The van der Waals surface area contributed by atoms with Crippen molar-refractivity contribution in [1.82, 2.24) is 13.9 Å². The van der Waals surface area contributed by atoms with Crippen molar-refractivity contribution in [3.05, 3.63) is 53.3 Å². The van der Waals surface area contributed by atoms with Gasteiger partial charge in [-0.3, -0.25) is 0 Å². The van der Waals surface area contributed by atoms with E-state index in [1.54, 1.807) is 43.1 Å². The topological polar surface area (TPSA) is 55.2 Å². The lowest BCUT2D eigenvalue weighted by Gasteiger charge is -2.18. The summed E-state index contributed by atoms with van der Waals surface area (Å²) in [5.74, 6) is 0.382. The summed E-state index contributed by atoms with van der Waals surface area (Å²) in [7, 11) is -1.92. The highest BCUT2D eigenvalue weighted by atomic mass is 32.2. The SMILES string of the molecule is CCCCN(C)S(=O)(=O)c1ccc2c(c1)nc(SCc1cc(F)ccc1C)n2C1CCCC1. The van der Waals surface area contributed by atoms with Crippen LogP contribution in [0, 0.1) is 12.7 Å². The van der Waals surface area contributed by atoms with Crippen LogP contribution < -0.4 is 0 Å². The first-order valence-electron chi connectivity index (χ1n) is 11.7. The maximum atomic E-state index is 13.8. The number of rotatable bonds is 9. The molecule has 4 rings (SSSR count). The summed E-state index contributed by atoms with van der Waals surface area (Å²) in [4.78, 5) is 5.15. The zero-order chi connectivity index (χ0) is 23.6. The Kier molecular flexibility index (Phi) is 7.46. The quantitative estimate of drug-likeness (QED) is 0.331. The first-order chi connectivity index (χ1) is 15.8. The number of fused-ring (bicyclic) bond motifs is 1. The Morgan fingerprint density at radius 3 is 2.67 bits per heavy atom. The summed E-state index contributed by atoms with van der Waals surface area (Å²) < 4.78 is 43.6. The summed E-state index contributed by atoms with van der Waals surface area (Å²) in [6.07, 6.45) is 6.33. The number of thioether (sulfide) groups is 1. The number of aryl methyl sites for hydroxylation is 1. The van der Waals surface area contributed by atoms with Gasteiger partial charge in [-0.15, -0.1) is 0 Å². The van der Waals surface area contributed by atoms with Crippen LogP contribution in [-0.4, -0.2) is 35.9 Å². The van der Waals surface area contributed by atoms with Gasteiger partial charge in [-0.1, -0.05) is 44.0 Å². The van der Waals surface area contributed by atoms with Gasteiger partial charge in [0.25, 0.3) is 0 Å². The number of unbranched alkanes of at least 4 members (excludes halogenated alkanes) is 1. The van der Waals surface area contributed by atoms with Crippen LogP contribution in [-0.2, 0) is 15.8 Å². The van der Waals surface area contributed by atoms with Crippen molar-refractivity contribution < 1.29 is 12.8 Å². The molecule has 178 valence electrons. The average molecular weight is 490 g/mol. The molecule has 5 nitrogen and oxygen atoms in total. The molecule has 0 atom stereocenters. The second kappa shape index (κ2) is 10.2. The van der Waals surface area contributed by atoms with E-state index in [0.29, 0.717) is 23.9 Å². The summed E-state index contributed by atoms with van der Waals surface area (Å²) in [5.41, 5.74) is 3.67. The van der Waals surface area contributed by atoms with Gasteiger partial charge in [0.2, 0.25) is 10.0 Å². The molecule has 0 amide bonds. The Balaban J connectivity index is 1.70. The fraction of sp³-hybridized carbons (Fsp3) is 0.480. The van der Waals surface area contributed by atoms with E-state index in [1.165, 1.54) is 23.2 Å². The lowest BCUT2D eigenvalue weighted by molar-refractivity contribution is 0.459. The molecular formula is C25H32FN3O2S2. The van der Waals surface area contributed by atoms with E-state index in [9.17, 15) is 12.8 Å². The van der Waals surface area contributed by atoms with Crippen molar-refractivity contribution in [3.63, 3.8) is 0 Å². The van der Waals surface area contributed by atoms with Crippen LogP contribution in [0.4, 0.5) is 4.39 Å². The van der Waals surface area contributed by atoms with E-state index in [0.717, 1.165) is 47.5 Å². The minimum absolute atomic E-state index is 0.234. The third-order valence-electron chi connectivity index (χ3n) is 6.52. The zero-order valence-corrected chi connectivity index (χ0v) is 21.2. The van der Waals surface area contributed by atoms with Gasteiger partial charge in [-0.05, 0) is 67.6 Å². The number of halogens is 1. The molecule has 33 heavy (non-hydrogen) atoms. The van der Waals surface area contributed by atoms with Crippen LogP contribution in [0.1, 0.15) is 62.6 Å². The van der Waals surface area contributed by atoms with Crippen LogP contribution in [0.15, 0.2) is 46.5 Å². The number of hydrogen-bond donors (Lipinski definition) is 0. The molecular weight excluding hydrogens is 457 g/mol. The largest absolute Gasteiger partial charge is 0.316 e. The summed E-state index contributed by atoms with van der Waals surface area (Å²) in [6, 6.07) is 10.5. The molecule has 1 aromatic heterocycles. The van der Waals surface area contributed by atoms with E-state index in [1.807, 2.05) is 19.9 Å². The average Bonchev–Trinajstić information content (AvgIpc) is 3.44. The molecule has 1 aliphatic carbocycles. The number of sulfonamides is 1. The van der Waals surface area contributed by atoms with Crippen molar-refractivity contribution >= 4 is 32.8 Å². The van der Waals surface area contributed by atoms with Crippen molar-refractivity contribution in [2.45, 2.75) is 74.2 Å². The Bertz CT molecular complexity index is 1230. The molecule has 1 aliphatic rings.